The summed E-state index contributed by atoms with van der Waals surface area (Å²) in [4.78, 5) is 92.1. The summed E-state index contributed by atoms with van der Waals surface area (Å²) in [6.45, 7) is 10.3. The summed E-state index contributed by atoms with van der Waals surface area (Å²) in [6.07, 6.45) is -2.06. The Hall–Kier alpha value is -2.82. The number of nitrogens with two attached hydrogens (primary N) is 1. The van der Waals surface area contributed by atoms with Gasteiger partial charge in [-0.25, -0.2) is 4.79 Å². The molecule has 0 aromatic heterocycles. The number of amides is 2. The predicted octanol–water partition coefficient (Wildman–Crippen LogP) is 0.864. The predicted molar refractivity (Wildman–Crippen MR) is 177 cm³/mol. The van der Waals surface area contributed by atoms with Crippen molar-refractivity contribution in [2.24, 2.45) is 28.4 Å². The molecule has 0 saturated carbocycles. The molecule has 16 heteroatoms. The molecule has 0 aliphatic heterocycles. The van der Waals surface area contributed by atoms with Crippen LogP contribution in [0.1, 0.15) is 80.1 Å². The normalized spacial score (nSPS) is 14.0. The number of carbonyl (C=O) groups is 8. The molecule has 46 heavy (non-hydrogen) atoms. The number of ketones is 4. The van der Waals surface area contributed by atoms with Crippen molar-refractivity contribution in [2.75, 3.05) is 24.6 Å². The number of hydrogen-bond acceptors (Lipinski definition) is 12. The van der Waals surface area contributed by atoms with Crippen molar-refractivity contribution in [2.45, 2.75) is 92.2 Å². The number of aliphatic carboxylic acids is 2. The van der Waals surface area contributed by atoms with Gasteiger partial charge in [-0.05, 0) is 12.8 Å². The number of thiol groups is 2. The van der Waals surface area contributed by atoms with Crippen LogP contribution in [0.4, 0.5) is 0 Å². The van der Waals surface area contributed by atoms with Gasteiger partial charge in [-0.1, -0.05) is 41.5 Å². The van der Waals surface area contributed by atoms with E-state index in [0.717, 1.165) is 0 Å². The van der Waals surface area contributed by atoms with E-state index < -0.39 is 58.6 Å². The molecule has 0 bridgehead atoms. The first-order valence-electron chi connectivity index (χ1n) is 14.7. The minimum absolute atomic E-state index is 0.00799. The zero-order valence-electron chi connectivity index (χ0n) is 27.5. The Kier molecular flexibility index (Phi) is 21.5. The smallest absolute Gasteiger partial charge is 0.332 e. The van der Waals surface area contributed by atoms with E-state index in [1.165, 1.54) is 0 Å². The summed E-state index contributed by atoms with van der Waals surface area (Å²) in [7, 11) is 0. The topological polar surface area (TPSA) is 247 Å². The number of carboxylic acid groups (broad SMARTS) is 2. The molecule has 0 aromatic carbocycles. The van der Waals surface area contributed by atoms with E-state index >= 15 is 0 Å². The van der Waals surface area contributed by atoms with Gasteiger partial charge in [0.15, 0.2) is 17.7 Å². The second-order valence-corrected chi connectivity index (χ2v) is 13.6. The van der Waals surface area contributed by atoms with E-state index in [1.54, 1.807) is 41.5 Å². The number of carbonyl (C=O) groups excluding carboxylic acids is 6. The Balaban J connectivity index is 0. The molecule has 264 valence electrons. The molecule has 0 radical (unpaired) electrons. The Morgan fingerprint density at radius 3 is 1.28 bits per heavy atom. The largest absolute Gasteiger partial charge is 0.480 e. The van der Waals surface area contributed by atoms with Crippen molar-refractivity contribution >= 4 is 72.1 Å². The van der Waals surface area contributed by atoms with Gasteiger partial charge in [-0.2, -0.15) is 25.3 Å². The van der Waals surface area contributed by atoms with Crippen LogP contribution in [0.2, 0.25) is 0 Å². The number of carboxylic acids is 2. The highest BCUT2D eigenvalue weighted by Crippen LogP contribution is 2.16. The SMILES string of the molecule is CC(C)(C)C(=O)CNC(=O)C(CS)CC(=O)CCC(N)C(=O)O.CC(C)(C)C(=O)CNC(=O)C(CS)CC(=O)CCC(O)C(=O)O. The zero-order chi connectivity index (χ0) is 36.4. The minimum atomic E-state index is -1.59. The van der Waals surface area contributed by atoms with Crippen molar-refractivity contribution in [1.82, 2.24) is 10.6 Å². The number of hydrogen-bond donors (Lipinski definition) is 8. The Bertz CT molecular complexity index is 1000. The molecule has 0 rings (SSSR count). The molecule has 0 spiro atoms. The molecule has 14 nitrogen and oxygen atoms in total. The summed E-state index contributed by atoms with van der Waals surface area (Å²) in [5.74, 6) is -5.28. The quantitative estimate of drug-likeness (QED) is 0.0828. The van der Waals surface area contributed by atoms with Gasteiger partial charge in [0, 0.05) is 48.0 Å². The van der Waals surface area contributed by atoms with E-state index in [4.69, 9.17) is 21.1 Å². The maximum Gasteiger partial charge on any atom is 0.332 e. The molecule has 2 amide bonds. The van der Waals surface area contributed by atoms with Crippen LogP contribution in [0, 0.1) is 22.7 Å². The van der Waals surface area contributed by atoms with Crippen LogP contribution >= 0.6 is 25.3 Å². The van der Waals surface area contributed by atoms with Crippen LogP contribution in [-0.4, -0.2) is 98.9 Å². The van der Waals surface area contributed by atoms with E-state index in [-0.39, 0.29) is 86.3 Å². The molecule has 7 N–H and O–H groups in total. The van der Waals surface area contributed by atoms with Gasteiger partial charge < -0.3 is 31.7 Å². The van der Waals surface area contributed by atoms with Crippen molar-refractivity contribution in [3.63, 3.8) is 0 Å². The Labute approximate surface area is 281 Å². The van der Waals surface area contributed by atoms with Crippen molar-refractivity contribution in [3.05, 3.63) is 0 Å². The molecule has 0 aliphatic carbocycles. The lowest BCUT2D eigenvalue weighted by Gasteiger charge is -2.19. The van der Waals surface area contributed by atoms with Crippen LogP contribution in [-0.2, 0) is 38.4 Å². The maximum absolute atomic E-state index is 12.0. The Morgan fingerprint density at radius 2 is 1.00 bits per heavy atom. The van der Waals surface area contributed by atoms with Crippen molar-refractivity contribution < 1.29 is 53.7 Å². The average molecular weight is 694 g/mol. The molecule has 0 fully saturated rings. The molecular weight excluding hydrogens is 642 g/mol. The van der Waals surface area contributed by atoms with Gasteiger partial charge in [-0.3, -0.25) is 33.6 Å². The molecule has 4 unspecified atom stereocenters. The van der Waals surface area contributed by atoms with Gasteiger partial charge in [-0.15, -0.1) is 0 Å². The monoisotopic (exact) mass is 693 g/mol. The van der Waals surface area contributed by atoms with Crippen LogP contribution in [0.25, 0.3) is 0 Å². The zero-order valence-corrected chi connectivity index (χ0v) is 29.2. The number of rotatable bonds is 20. The lowest BCUT2D eigenvalue weighted by atomic mass is 9.90. The fraction of sp³-hybridized carbons (Fsp3) is 0.733. The molecule has 0 heterocycles. The standard InChI is InChI=1S/C15H26N2O5S.C15H25NO6S/c1-15(2,3)12(19)7-17-13(20)9(8-23)6-10(18)4-5-11(16)14(21)22;1-15(2,3)12(19)7-16-13(20)9(8-23)6-10(17)4-5-11(18)14(21)22/h9,11,23H,4-8,16H2,1-3H3,(H,17,20)(H,21,22);9,11,18,23H,4-8H2,1-3H3,(H,16,20)(H,21,22). The molecule has 0 aliphatic rings. The van der Waals surface area contributed by atoms with Crippen LogP contribution in [0.3, 0.4) is 0 Å². The lowest BCUT2D eigenvalue weighted by molar-refractivity contribution is -0.147. The number of nitrogens with one attached hydrogen (secondary N) is 2. The maximum atomic E-state index is 12.0. The minimum Gasteiger partial charge on any atom is -0.480 e. The van der Waals surface area contributed by atoms with Gasteiger partial charge in [0.05, 0.1) is 24.9 Å². The summed E-state index contributed by atoms with van der Waals surface area (Å²) in [6, 6.07) is -1.09. The second-order valence-electron chi connectivity index (χ2n) is 12.9. The van der Waals surface area contributed by atoms with Gasteiger partial charge in [0.2, 0.25) is 11.8 Å². The fourth-order valence-corrected chi connectivity index (χ4v) is 3.84. The summed E-state index contributed by atoms with van der Waals surface area (Å²) in [5.41, 5.74) is 4.21. The van der Waals surface area contributed by atoms with E-state index in [9.17, 15) is 38.4 Å². The highest BCUT2D eigenvalue weighted by Gasteiger charge is 2.27. The average Bonchev–Trinajstić information content (AvgIpc) is 2.96. The van der Waals surface area contributed by atoms with Crippen molar-refractivity contribution in [1.29, 1.82) is 0 Å². The second kappa shape index (κ2) is 21.9. The third-order valence-corrected chi connectivity index (χ3v) is 7.56. The lowest BCUT2D eigenvalue weighted by Crippen LogP contribution is -2.39. The number of aliphatic hydroxyl groups excluding tert-OH is 1. The van der Waals surface area contributed by atoms with Crippen LogP contribution in [0.5, 0.6) is 0 Å². The van der Waals surface area contributed by atoms with E-state index in [2.05, 4.69) is 35.9 Å². The van der Waals surface area contributed by atoms with Gasteiger partial charge in [0.1, 0.15) is 17.6 Å². The summed E-state index contributed by atoms with van der Waals surface area (Å²) >= 11 is 8.09. The van der Waals surface area contributed by atoms with Gasteiger partial charge in [0.25, 0.3) is 0 Å². The van der Waals surface area contributed by atoms with E-state index in [1.807, 2.05) is 0 Å². The van der Waals surface area contributed by atoms with E-state index in [0.29, 0.717) is 0 Å². The fourth-order valence-electron chi connectivity index (χ4n) is 3.25. The van der Waals surface area contributed by atoms with Crippen LogP contribution < -0.4 is 16.4 Å². The van der Waals surface area contributed by atoms with Gasteiger partial charge >= 0.3 is 11.9 Å². The first kappa shape index (κ1) is 45.3. The first-order valence-corrected chi connectivity index (χ1v) is 16.0. The van der Waals surface area contributed by atoms with Crippen LogP contribution in [0.15, 0.2) is 0 Å². The van der Waals surface area contributed by atoms with Crippen molar-refractivity contribution in [3.8, 4) is 0 Å². The molecular formula is C30H51N3O11S2. The number of Topliss-reactive ketones (excluding diaryl/α,β-unsaturated/α-hetero) is 4. The molecule has 4 atom stereocenters. The third kappa shape index (κ3) is 20.3. The summed E-state index contributed by atoms with van der Waals surface area (Å²) in [5, 5.41) is 31.3. The third-order valence-electron chi connectivity index (χ3n) is 6.68. The highest BCUT2D eigenvalue weighted by atomic mass is 32.1. The Morgan fingerprint density at radius 1 is 0.652 bits per heavy atom. The number of aliphatic hydroxyl groups is 1. The molecule has 0 saturated heterocycles. The highest BCUT2D eigenvalue weighted by molar-refractivity contribution is 7.80. The first-order chi connectivity index (χ1) is 21.0. The molecule has 0 aromatic rings. The summed E-state index contributed by atoms with van der Waals surface area (Å²) < 4.78 is 0.